The van der Waals surface area contributed by atoms with Crippen LogP contribution in [0.4, 0.5) is 5.82 Å². The molecule has 3 rings (SSSR count). The predicted molar refractivity (Wildman–Crippen MR) is 53.4 cm³/mol. The van der Waals surface area contributed by atoms with Crippen molar-refractivity contribution >= 4 is 5.82 Å². The molecule has 2 aromatic rings. The highest BCUT2D eigenvalue weighted by molar-refractivity contribution is 5.57. The average molecular weight is 197 g/mol. The molecule has 3 heterocycles. The van der Waals surface area contributed by atoms with Crippen molar-refractivity contribution in [1.82, 2.24) is 14.8 Å². The fourth-order valence-corrected chi connectivity index (χ4v) is 1.75. The molecule has 0 aromatic carbocycles. The fraction of sp³-hybridized carbons (Fsp3) is 0.100. The standard InChI is InChI=1S/C10H7N5/c11-3-7-4-12-6-9-8(7)5-13-10-1-2-14-15(9)10/h1-2,4,6,13H,5H2. The second-order valence-electron chi connectivity index (χ2n) is 3.28. The lowest BCUT2D eigenvalue weighted by atomic mass is 10.1. The highest BCUT2D eigenvalue weighted by atomic mass is 15.3. The summed E-state index contributed by atoms with van der Waals surface area (Å²) in [6.07, 6.45) is 5.03. The number of nitrogens with one attached hydrogen (secondary N) is 1. The van der Waals surface area contributed by atoms with Gasteiger partial charge in [-0.3, -0.25) is 4.98 Å². The van der Waals surface area contributed by atoms with Crippen LogP contribution in [0.5, 0.6) is 0 Å². The summed E-state index contributed by atoms with van der Waals surface area (Å²) in [6.45, 7) is 0.645. The molecule has 0 saturated carbocycles. The van der Waals surface area contributed by atoms with Gasteiger partial charge in [0.15, 0.2) is 0 Å². The molecular formula is C10H7N5. The van der Waals surface area contributed by atoms with Gasteiger partial charge in [0, 0.05) is 24.4 Å². The number of hydrogen-bond acceptors (Lipinski definition) is 4. The van der Waals surface area contributed by atoms with Crippen LogP contribution in [0.3, 0.4) is 0 Å². The number of rotatable bonds is 0. The molecule has 0 radical (unpaired) electrons. The van der Waals surface area contributed by atoms with Gasteiger partial charge in [0.2, 0.25) is 0 Å². The van der Waals surface area contributed by atoms with Crippen LogP contribution in [0.25, 0.3) is 5.69 Å². The van der Waals surface area contributed by atoms with Gasteiger partial charge in [0.1, 0.15) is 11.9 Å². The molecule has 0 unspecified atom stereocenters. The SMILES string of the molecule is N#Cc1cncc2c1CNc1ccnn1-2. The molecule has 0 bridgehead atoms. The lowest BCUT2D eigenvalue weighted by Gasteiger charge is -2.19. The molecule has 5 nitrogen and oxygen atoms in total. The Kier molecular flexibility index (Phi) is 1.50. The monoisotopic (exact) mass is 197 g/mol. The minimum atomic E-state index is 0.598. The molecule has 0 amide bonds. The van der Waals surface area contributed by atoms with Gasteiger partial charge >= 0.3 is 0 Å². The Balaban J connectivity index is 2.31. The van der Waals surface area contributed by atoms with Crippen molar-refractivity contribution in [2.45, 2.75) is 6.54 Å². The molecule has 15 heavy (non-hydrogen) atoms. The molecule has 0 saturated heterocycles. The molecule has 0 atom stereocenters. The highest BCUT2D eigenvalue weighted by Crippen LogP contribution is 2.25. The summed E-state index contributed by atoms with van der Waals surface area (Å²) in [5, 5.41) is 16.3. The van der Waals surface area contributed by atoms with Crippen LogP contribution in [0.15, 0.2) is 24.7 Å². The van der Waals surface area contributed by atoms with E-state index in [1.807, 2.05) is 6.07 Å². The number of anilines is 1. The second kappa shape index (κ2) is 2.82. The molecule has 1 aliphatic heterocycles. The highest BCUT2D eigenvalue weighted by Gasteiger charge is 2.18. The van der Waals surface area contributed by atoms with Crippen LogP contribution in [0.2, 0.25) is 0 Å². The van der Waals surface area contributed by atoms with Crippen molar-refractivity contribution in [2.75, 3.05) is 5.32 Å². The van der Waals surface area contributed by atoms with E-state index in [4.69, 9.17) is 5.26 Å². The Morgan fingerprint density at radius 3 is 3.27 bits per heavy atom. The summed E-state index contributed by atoms with van der Waals surface area (Å²) in [4.78, 5) is 4.04. The quantitative estimate of drug-likeness (QED) is 0.685. The zero-order valence-corrected chi connectivity index (χ0v) is 7.81. The maximum Gasteiger partial charge on any atom is 0.130 e. The molecule has 0 aliphatic carbocycles. The lowest BCUT2D eigenvalue weighted by molar-refractivity contribution is 0.824. The van der Waals surface area contributed by atoms with Gasteiger partial charge in [-0.25, -0.2) is 4.68 Å². The average Bonchev–Trinajstić information content (AvgIpc) is 2.76. The van der Waals surface area contributed by atoms with Crippen molar-refractivity contribution in [3.8, 4) is 11.8 Å². The van der Waals surface area contributed by atoms with Crippen LogP contribution in [-0.4, -0.2) is 14.8 Å². The van der Waals surface area contributed by atoms with E-state index < -0.39 is 0 Å². The summed E-state index contributed by atoms with van der Waals surface area (Å²) < 4.78 is 1.76. The Labute approximate surface area is 86.0 Å². The first kappa shape index (κ1) is 8.00. The van der Waals surface area contributed by atoms with Crippen molar-refractivity contribution in [3.63, 3.8) is 0 Å². The Hall–Kier alpha value is -2.35. The van der Waals surface area contributed by atoms with Gasteiger partial charge in [-0.15, -0.1) is 0 Å². The zero-order chi connectivity index (χ0) is 10.3. The van der Waals surface area contributed by atoms with E-state index in [1.54, 1.807) is 23.3 Å². The van der Waals surface area contributed by atoms with Crippen molar-refractivity contribution in [2.24, 2.45) is 0 Å². The largest absolute Gasteiger partial charge is 0.366 e. The van der Waals surface area contributed by atoms with Gasteiger partial charge in [0.25, 0.3) is 0 Å². The lowest BCUT2D eigenvalue weighted by Crippen LogP contribution is -2.17. The molecule has 0 spiro atoms. The van der Waals surface area contributed by atoms with Crippen LogP contribution in [0.1, 0.15) is 11.1 Å². The van der Waals surface area contributed by atoms with E-state index in [0.29, 0.717) is 12.1 Å². The Morgan fingerprint density at radius 2 is 2.40 bits per heavy atom. The predicted octanol–water partition coefficient (Wildman–Crippen LogP) is 1.06. The molecule has 1 N–H and O–H groups in total. The van der Waals surface area contributed by atoms with E-state index in [1.165, 1.54) is 0 Å². The van der Waals surface area contributed by atoms with Gasteiger partial charge in [-0.1, -0.05) is 0 Å². The third-order valence-electron chi connectivity index (χ3n) is 2.47. The molecule has 5 heteroatoms. The first-order valence-electron chi connectivity index (χ1n) is 4.55. The first-order valence-corrected chi connectivity index (χ1v) is 4.55. The molecule has 0 fully saturated rings. The van der Waals surface area contributed by atoms with Crippen LogP contribution in [0, 0.1) is 11.3 Å². The summed E-state index contributed by atoms with van der Waals surface area (Å²) in [7, 11) is 0. The zero-order valence-electron chi connectivity index (χ0n) is 7.81. The Morgan fingerprint density at radius 1 is 1.47 bits per heavy atom. The number of hydrogen-bond donors (Lipinski definition) is 1. The number of nitrogens with zero attached hydrogens (tertiary/aromatic N) is 4. The van der Waals surface area contributed by atoms with Gasteiger partial charge < -0.3 is 5.32 Å². The van der Waals surface area contributed by atoms with Crippen molar-refractivity contribution in [3.05, 3.63) is 35.8 Å². The topological polar surface area (TPSA) is 66.5 Å². The smallest absolute Gasteiger partial charge is 0.130 e. The molecule has 1 aliphatic rings. The summed E-state index contributed by atoms with van der Waals surface area (Å²) in [6, 6.07) is 4.03. The van der Waals surface area contributed by atoms with Crippen LogP contribution < -0.4 is 5.32 Å². The summed E-state index contributed by atoms with van der Waals surface area (Å²) >= 11 is 0. The van der Waals surface area contributed by atoms with E-state index >= 15 is 0 Å². The minimum Gasteiger partial charge on any atom is -0.366 e. The molecular weight excluding hydrogens is 190 g/mol. The second-order valence-corrected chi connectivity index (χ2v) is 3.28. The van der Waals surface area contributed by atoms with Gasteiger partial charge in [0.05, 0.1) is 23.6 Å². The van der Waals surface area contributed by atoms with Crippen molar-refractivity contribution in [1.29, 1.82) is 5.26 Å². The van der Waals surface area contributed by atoms with E-state index in [0.717, 1.165) is 17.1 Å². The number of aromatic nitrogens is 3. The van der Waals surface area contributed by atoms with E-state index in [2.05, 4.69) is 21.5 Å². The third kappa shape index (κ3) is 1.02. The maximum absolute atomic E-state index is 8.94. The van der Waals surface area contributed by atoms with Gasteiger partial charge in [-0.05, 0) is 0 Å². The molecule has 2 aromatic heterocycles. The normalized spacial score (nSPS) is 12.2. The van der Waals surface area contributed by atoms with Crippen LogP contribution in [-0.2, 0) is 6.54 Å². The summed E-state index contributed by atoms with van der Waals surface area (Å²) in [5.74, 6) is 0.930. The number of pyridine rings is 1. The summed E-state index contributed by atoms with van der Waals surface area (Å²) in [5.41, 5.74) is 2.43. The van der Waals surface area contributed by atoms with Gasteiger partial charge in [-0.2, -0.15) is 10.4 Å². The number of nitriles is 1. The fourth-order valence-electron chi connectivity index (χ4n) is 1.75. The van der Waals surface area contributed by atoms with Crippen molar-refractivity contribution < 1.29 is 0 Å². The third-order valence-corrected chi connectivity index (χ3v) is 2.47. The maximum atomic E-state index is 8.94. The molecule has 72 valence electrons. The van der Waals surface area contributed by atoms with Crippen LogP contribution >= 0.6 is 0 Å². The Bertz CT molecular complexity index is 563. The van der Waals surface area contributed by atoms with E-state index in [-0.39, 0.29) is 0 Å². The minimum absolute atomic E-state index is 0.598. The number of fused-ring (bicyclic) bond motifs is 3. The first-order chi connectivity index (χ1) is 7.40. The van der Waals surface area contributed by atoms with E-state index in [9.17, 15) is 0 Å².